The first-order valence-electron chi connectivity index (χ1n) is 5.41. The molecule has 1 atom stereocenters. The summed E-state index contributed by atoms with van der Waals surface area (Å²) < 4.78 is 0. The third-order valence-corrected chi connectivity index (χ3v) is 2.40. The molecule has 0 amide bonds. The zero-order valence-corrected chi connectivity index (χ0v) is 9.48. The van der Waals surface area contributed by atoms with Crippen LogP contribution in [0.25, 0.3) is 0 Å². The average molecular weight is 222 g/mol. The normalized spacial score (nSPS) is 12.2. The van der Waals surface area contributed by atoms with Crippen LogP contribution in [0, 0.1) is 0 Å². The second-order valence-corrected chi connectivity index (χ2v) is 3.82. The molecule has 4 nitrogen and oxygen atoms in total. The molecule has 16 heavy (non-hydrogen) atoms. The van der Waals surface area contributed by atoms with E-state index in [-0.39, 0.29) is 0 Å². The van der Waals surface area contributed by atoms with Crippen LogP contribution in [-0.4, -0.2) is 12.0 Å². The predicted molar refractivity (Wildman–Crippen MR) is 62.4 cm³/mol. The quantitative estimate of drug-likeness (QED) is 0.726. The highest BCUT2D eigenvalue weighted by Gasteiger charge is 2.14. The molecule has 0 aromatic heterocycles. The van der Waals surface area contributed by atoms with Crippen LogP contribution in [0.5, 0.6) is 0 Å². The summed E-state index contributed by atoms with van der Waals surface area (Å²) in [5.74, 6) is 4.19. The topological polar surface area (TPSA) is 78.3 Å². The number of carbonyl (C=O) groups is 1. The van der Waals surface area contributed by atoms with Gasteiger partial charge in [-0.05, 0) is 24.0 Å². The monoisotopic (exact) mass is 222 g/mol. The fraction of sp³-hybridized carbons (Fsp3) is 0.417. The SMILES string of the molecule is CCCc1cccc(CC(N)C(=O)ON)c1. The first-order valence-corrected chi connectivity index (χ1v) is 5.41. The van der Waals surface area contributed by atoms with E-state index >= 15 is 0 Å². The van der Waals surface area contributed by atoms with Gasteiger partial charge in [0.1, 0.15) is 6.04 Å². The minimum atomic E-state index is -0.693. The van der Waals surface area contributed by atoms with Crippen LogP contribution < -0.4 is 11.6 Å². The van der Waals surface area contributed by atoms with E-state index in [0.29, 0.717) is 6.42 Å². The van der Waals surface area contributed by atoms with Gasteiger partial charge in [0, 0.05) is 0 Å². The van der Waals surface area contributed by atoms with Gasteiger partial charge in [-0.1, -0.05) is 37.6 Å². The minimum absolute atomic E-state index is 0.452. The van der Waals surface area contributed by atoms with E-state index in [1.807, 2.05) is 12.1 Å². The highest BCUT2D eigenvalue weighted by Crippen LogP contribution is 2.09. The molecule has 4 N–H and O–H groups in total. The summed E-state index contributed by atoms with van der Waals surface area (Å²) in [7, 11) is 0. The summed E-state index contributed by atoms with van der Waals surface area (Å²) in [5, 5.41) is 0. The van der Waals surface area contributed by atoms with Crippen LogP contribution in [0.1, 0.15) is 24.5 Å². The molecule has 1 rings (SSSR count). The lowest BCUT2D eigenvalue weighted by Gasteiger charge is -2.09. The molecule has 0 saturated carbocycles. The molecule has 0 saturated heterocycles. The fourth-order valence-corrected chi connectivity index (χ4v) is 1.63. The molecule has 0 heterocycles. The maximum Gasteiger partial charge on any atom is 0.341 e. The van der Waals surface area contributed by atoms with E-state index in [4.69, 9.17) is 11.6 Å². The average Bonchev–Trinajstić information content (AvgIpc) is 2.29. The van der Waals surface area contributed by atoms with Gasteiger partial charge >= 0.3 is 5.97 Å². The molecule has 0 fully saturated rings. The Morgan fingerprint density at radius 1 is 1.44 bits per heavy atom. The van der Waals surface area contributed by atoms with Crippen LogP contribution in [0.4, 0.5) is 0 Å². The molecule has 0 bridgehead atoms. The summed E-state index contributed by atoms with van der Waals surface area (Å²) >= 11 is 0. The lowest BCUT2D eigenvalue weighted by molar-refractivity contribution is -0.145. The summed E-state index contributed by atoms with van der Waals surface area (Å²) in [4.78, 5) is 15.2. The number of hydrogen-bond acceptors (Lipinski definition) is 4. The zero-order valence-electron chi connectivity index (χ0n) is 9.48. The molecular formula is C12H18N2O2. The van der Waals surface area contributed by atoms with Crippen molar-refractivity contribution in [2.45, 2.75) is 32.2 Å². The molecule has 0 aliphatic rings. The molecule has 1 unspecified atom stereocenters. The standard InChI is InChI=1S/C12H18N2O2/c1-2-4-9-5-3-6-10(7-9)8-11(13)12(15)16-14/h3,5-7,11H,2,4,8,13-14H2,1H3. The summed E-state index contributed by atoms with van der Waals surface area (Å²) in [6.07, 6.45) is 2.58. The molecule has 0 aliphatic carbocycles. The number of aryl methyl sites for hydroxylation is 1. The van der Waals surface area contributed by atoms with Crippen molar-refractivity contribution in [3.05, 3.63) is 35.4 Å². The van der Waals surface area contributed by atoms with Crippen molar-refractivity contribution in [3.8, 4) is 0 Å². The number of benzene rings is 1. The van der Waals surface area contributed by atoms with Crippen molar-refractivity contribution >= 4 is 5.97 Å². The lowest BCUT2D eigenvalue weighted by Crippen LogP contribution is -2.35. The molecule has 1 aromatic carbocycles. The molecule has 1 aromatic rings. The van der Waals surface area contributed by atoms with E-state index in [1.165, 1.54) is 5.56 Å². The highest BCUT2D eigenvalue weighted by molar-refractivity contribution is 5.75. The Bertz CT molecular complexity index is 353. The molecule has 88 valence electrons. The van der Waals surface area contributed by atoms with Crippen LogP contribution >= 0.6 is 0 Å². The maximum atomic E-state index is 11.1. The number of rotatable bonds is 5. The maximum absolute atomic E-state index is 11.1. The van der Waals surface area contributed by atoms with Crippen LogP contribution in [0.3, 0.4) is 0 Å². The van der Waals surface area contributed by atoms with Crippen molar-refractivity contribution in [2.75, 3.05) is 0 Å². The first-order chi connectivity index (χ1) is 7.67. The van der Waals surface area contributed by atoms with Crippen molar-refractivity contribution < 1.29 is 9.63 Å². The Morgan fingerprint density at radius 2 is 2.12 bits per heavy atom. The number of carbonyl (C=O) groups excluding carboxylic acids is 1. The van der Waals surface area contributed by atoms with E-state index in [2.05, 4.69) is 23.9 Å². The van der Waals surface area contributed by atoms with Gasteiger partial charge in [0.15, 0.2) is 0 Å². The lowest BCUT2D eigenvalue weighted by atomic mass is 10.0. The van der Waals surface area contributed by atoms with Crippen LogP contribution in [-0.2, 0) is 22.5 Å². The Morgan fingerprint density at radius 3 is 2.75 bits per heavy atom. The van der Waals surface area contributed by atoms with Gasteiger partial charge in [-0.25, -0.2) is 4.79 Å². The Balaban J connectivity index is 2.66. The Kier molecular flexibility index (Phi) is 4.95. The fourth-order valence-electron chi connectivity index (χ4n) is 1.63. The predicted octanol–water partition coefficient (Wildman–Crippen LogP) is 0.926. The Hall–Kier alpha value is -1.39. The molecule has 0 spiro atoms. The molecule has 0 aliphatic heterocycles. The molecule has 4 heteroatoms. The largest absolute Gasteiger partial charge is 0.372 e. The van der Waals surface area contributed by atoms with E-state index in [1.54, 1.807) is 0 Å². The van der Waals surface area contributed by atoms with Gasteiger partial charge in [-0.3, -0.25) is 0 Å². The molecule has 0 radical (unpaired) electrons. The van der Waals surface area contributed by atoms with Gasteiger partial charge in [-0.2, -0.15) is 5.90 Å². The summed E-state index contributed by atoms with van der Waals surface area (Å²) in [6, 6.07) is 7.36. The third kappa shape index (κ3) is 3.64. The van der Waals surface area contributed by atoms with Gasteiger partial charge in [0.25, 0.3) is 0 Å². The first kappa shape index (κ1) is 12.7. The van der Waals surface area contributed by atoms with Crippen molar-refractivity contribution in [1.82, 2.24) is 0 Å². The third-order valence-electron chi connectivity index (χ3n) is 2.40. The Labute approximate surface area is 95.5 Å². The van der Waals surface area contributed by atoms with Gasteiger partial charge in [-0.15, -0.1) is 0 Å². The van der Waals surface area contributed by atoms with Gasteiger partial charge in [0.05, 0.1) is 0 Å². The second kappa shape index (κ2) is 6.25. The van der Waals surface area contributed by atoms with Gasteiger partial charge in [0.2, 0.25) is 0 Å². The van der Waals surface area contributed by atoms with Gasteiger partial charge < -0.3 is 10.6 Å². The molecular weight excluding hydrogens is 204 g/mol. The van der Waals surface area contributed by atoms with Crippen molar-refractivity contribution in [3.63, 3.8) is 0 Å². The number of nitrogens with two attached hydrogens (primary N) is 2. The summed E-state index contributed by atoms with van der Waals surface area (Å²) in [6.45, 7) is 2.13. The smallest absolute Gasteiger partial charge is 0.341 e. The van der Waals surface area contributed by atoms with Crippen LogP contribution in [0.15, 0.2) is 24.3 Å². The highest BCUT2D eigenvalue weighted by atomic mass is 16.7. The van der Waals surface area contributed by atoms with Crippen molar-refractivity contribution in [2.24, 2.45) is 11.6 Å². The second-order valence-electron chi connectivity index (χ2n) is 3.82. The van der Waals surface area contributed by atoms with E-state index < -0.39 is 12.0 Å². The van der Waals surface area contributed by atoms with Crippen molar-refractivity contribution in [1.29, 1.82) is 0 Å². The van der Waals surface area contributed by atoms with Crippen LogP contribution in [0.2, 0.25) is 0 Å². The number of hydrogen-bond donors (Lipinski definition) is 2. The summed E-state index contributed by atoms with van der Waals surface area (Å²) in [5.41, 5.74) is 7.92. The van der Waals surface area contributed by atoms with E-state index in [9.17, 15) is 4.79 Å². The zero-order chi connectivity index (χ0) is 12.0. The van der Waals surface area contributed by atoms with E-state index in [0.717, 1.165) is 18.4 Å². The minimum Gasteiger partial charge on any atom is -0.372 e.